The number of hydrogen-bond donors (Lipinski definition) is 2. The van der Waals surface area contributed by atoms with Crippen molar-refractivity contribution in [2.45, 2.75) is 13.3 Å². The van der Waals surface area contributed by atoms with Crippen LogP contribution in [0.5, 0.6) is 5.75 Å². The number of phenolic OH excluding ortho intramolecular Hbond substituents is 1. The molecule has 0 bridgehead atoms. The predicted molar refractivity (Wildman–Crippen MR) is 141 cm³/mol. The van der Waals surface area contributed by atoms with Gasteiger partial charge < -0.3 is 25.1 Å². The molecular weight excluding hydrogens is 482 g/mol. The van der Waals surface area contributed by atoms with Crippen LogP contribution in [-0.4, -0.2) is 85.4 Å². The number of carbonyl (C=O) groups is 2. The Balaban J connectivity index is 1.22. The maximum Gasteiger partial charge on any atom is 0.236 e. The van der Waals surface area contributed by atoms with E-state index in [1.54, 1.807) is 6.07 Å². The quantitative estimate of drug-likeness (QED) is 0.335. The van der Waals surface area contributed by atoms with Crippen LogP contribution in [0.15, 0.2) is 47.6 Å². The Morgan fingerprint density at radius 1 is 1.11 bits per heavy atom. The second-order valence-electron chi connectivity index (χ2n) is 9.15. The molecular formula is C26H32ClN5O4. The maximum absolute atomic E-state index is 12.9. The first-order valence-electron chi connectivity index (χ1n) is 12.1. The first kappa shape index (κ1) is 25.8. The molecule has 2 heterocycles. The Bertz CT molecular complexity index is 1120. The fourth-order valence-corrected chi connectivity index (χ4v) is 4.81. The van der Waals surface area contributed by atoms with Gasteiger partial charge in [-0.2, -0.15) is 0 Å². The molecule has 0 aromatic heterocycles. The Morgan fingerprint density at radius 2 is 1.83 bits per heavy atom. The van der Waals surface area contributed by atoms with E-state index in [1.165, 1.54) is 19.2 Å². The Hall–Kier alpha value is -3.30. The highest BCUT2D eigenvalue weighted by molar-refractivity contribution is 6.32. The van der Waals surface area contributed by atoms with E-state index in [-0.39, 0.29) is 28.5 Å². The van der Waals surface area contributed by atoms with Gasteiger partial charge in [0.2, 0.25) is 11.8 Å². The number of nitrogens with zero attached hydrogens (tertiary/aromatic N) is 4. The molecule has 0 aliphatic carbocycles. The topological polar surface area (TPSA) is 97.7 Å². The van der Waals surface area contributed by atoms with Crippen LogP contribution in [-0.2, 0) is 14.4 Å². The average molecular weight is 514 g/mol. The van der Waals surface area contributed by atoms with Crippen molar-refractivity contribution >= 4 is 40.5 Å². The third-order valence-electron chi connectivity index (χ3n) is 6.73. The maximum atomic E-state index is 12.9. The third-order valence-corrected chi connectivity index (χ3v) is 7.03. The summed E-state index contributed by atoms with van der Waals surface area (Å²) in [6.45, 7) is 6.37. The van der Waals surface area contributed by atoms with Crippen LogP contribution in [0, 0.1) is 5.92 Å². The molecule has 0 radical (unpaired) electrons. The molecule has 2 N–H and O–H groups in total. The summed E-state index contributed by atoms with van der Waals surface area (Å²) in [5.74, 6) is -0.220. The van der Waals surface area contributed by atoms with E-state index < -0.39 is 0 Å². The van der Waals surface area contributed by atoms with Crippen LogP contribution < -0.4 is 10.2 Å². The van der Waals surface area contributed by atoms with Gasteiger partial charge in [0, 0.05) is 44.1 Å². The number of amides is 2. The molecule has 0 spiro atoms. The van der Waals surface area contributed by atoms with E-state index in [9.17, 15) is 14.7 Å². The van der Waals surface area contributed by atoms with Gasteiger partial charge in [0.1, 0.15) is 12.9 Å². The lowest BCUT2D eigenvalue weighted by atomic mass is 10.1. The van der Waals surface area contributed by atoms with Crippen molar-refractivity contribution in [3.63, 3.8) is 0 Å². The molecule has 2 aliphatic heterocycles. The number of phenols is 1. The molecule has 2 amide bonds. The molecule has 2 aromatic rings. The summed E-state index contributed by atoms with van der Waals surface area (Å²) in [5, 5.41) is 16.5. The highest BCUT2D eigenvalue weighted by atomic mass is 35.5. The van der Waals surface area contributed by atoms with Crippen molar-refractivity contribution in [1.82, 2.24) is 9.80 Å². The number of benzene rings is 2. The van der Waals surface area contributed by atoms with Gasteiger partial charge in [-0.05, 0) is 55.8 Å². The fraction of sp³-hybridized carbons (Fsp3) is 0.423. The number of likely N-dealkylation sites (tertiary alicyclic amines) is 1. The SMILES string of the molecule is CO/N=C(\C)c1ccc(N2CCN(C(=O)CN3CCC(C(=O)Nc4ccc(O)c(Cl)c4)C3)CC2)cc1. The summed E-state index contributed by atoms with van der Waals surface area (Å²) in [6, 6.07) is 12.8. The average Bonchev–Trinajstić information content (AvgIpc) is 3.35. The van der Waals surface area contributed by atoms with Gasteiger partial charge in [0.15, 0.2) is 0 Å². The summed E-state index contributed by atoms with van der Waals surface area (Å²) in [6.07, 6.45) is 0.698. The van der Waals surface area contributed by atoms with Gasteiger partial charge in [0.05, 0.1) is 23.2 Å². The summed E-state index contributed by atoms with van der Waals surface area (Å²) in [7, 11) is 1.54. The summed E-state index contributed by atoms with van der Waals surface area (Å²) in [4.78, 5) is 36.6. The van der Waals surface area contributed by atoms with Crippen LogP contribution >= 0.6 is 11.6 Å². The van der Waals surface area contributed by atoms with Crippen molar-refractivity contribution in [3.8, 4) is 5.75 Å². The molecule has 1 unspecified atom stereocenters. The van der Waals surface area contributed by atoms with Crippen LogP contribution in [0.2, 0.25) is 5.02 Å². The first-order valence-corrected chi connectivity index (χ1v) is 12.4. The van der Waals surface area contributed by atoms with Crippen molar-refractivity contribution in [2.75, 3.05) is 63.1 Å². The number of halogens is 1. The zero-order valence-corrected chi connectivity index (χ0v) is 21.4. The smallest absolute Gasteiger partial charge is 0.236 e. The zero-order chi connectivity index (χ0) is 25.7. The zero-order valence-electron chi connectivity index (χ0n) is 20.6. The third kappa shape index (κ3) is 6.27. The van der Waals surface area contributed by atoms with E-state index in [4.69, 9.17) is 16.4 Å². The van der Waals surface area contributed by atoms with Crippen LogP contribution in [0.1, 0.15) is 18.9 Å². The monoisotopic (exact) mass is 513 g/mol. The molecule has 2 saturated heterocycles. The molecule has 4 rings (SSSR count). The van der Waals surface area contributed by atoms with Gasteiger partial charge in [0.25, 0.3) is 0 Å². The summed E-state index contributed by atoms with van der Waals surface area (Å²) >= 11 is 5.92. The lowest BCUT2D eigenvalue weighted by molar-refractivity contribution is -0.132. The second kappa shape index (κ2) is 11.6. The number of rotatable bonds is 7. The van der Waals surface area contributed by atoms with Gasteiger partial charge >= 0.3 is 0 Å². The Labute approximate surface area is 216 Å². The number of piperazine rings is 1. The van der Waals surface area contributed by atoms with E-state index in [2.05, 4.69) is 27.5 Å². The van der Waals surface area contributed by atoms with Gasteiger partial charge in [-0.1, -0.05) is 28.9 Å². The molecule has 2 aliphatic rings. The van der Waals surface area contributed by atoms with E-state index in [0.717, 1.165) is 30.1 Å². The van der Waals surface area contributed by atoms with Crippen LogP contribution in [0.25, 0.3) is 0 Å². The molecule has 1 atom stereocenters. The molecule has 2 fully saturated rings. The van der Waals surface area contributed by atoms with Gasteiger partial charge in [-0.25, -0.2) is 0 Å². The normalized spacial score (nSPS) is 18.9. The molecule has 192 valence electrons. The van der Waals surface area contributed by atoms with Crippen molar-refractivity contribution in [1.29, 1.82) is 0 Å². The molecule has 0 saturated carbocycles. The second-order valence-corrected chi connectivity index (χ2v) is 9.56. The van der Waals surface area contributed by atoms with Crippen molar-refractivity contribution in [3.05, 3.63) is 53.1 Å². The predicted octanol–water partition coefficient (Wildman–Crippen LogP) is 3.03. The lowest BCUT2D eigenvalue weighted by Crippen LogP contribution is -2.51. The van der Waals surface area contributed by atoms with Gasteiger partial charge in [-0.3, -0.25) is 14.5 Å². The molecule has 9 nitrogen and oxygen atoms in total. The Morgan fingerprint density at radius 3 is 2.50 bits per heavy atom. The van der Waals surface area contributed by atoms with Crippen LogP contribution in [0.3, 0.4) is 0 Å². The highest BCUT2D eigenvalue weighted by Gasteiger charge is 2.31. The minimum atomic E-state index is -0.192. The first-order chi connectivity index (χ1) is 17.3. The van der Waals surface area contributed by atoms with Crippen LogP contribution in [0.4, 0.5) is 11.4 Å². The Kier molecular flexibility index (Phi) is 8.32. The fourth-order valence-electron chi connectivity index (χ4n) is 4.63. The highest BCUT2D eigenvalue weighted by Crippen LogP contribution is 2.27. The number of anilines is 2. The number of aromatic hydroxyl groups is 1. The number of hydrogen-bond acceptors (Lipinski definition) is 7. The minimum absolute atomic E-state index is 0.0260. The van der Waals surface area contributed by atoms with E-state index >= 15 is 0 Å². The summed E-state index contributed by atoms with van der Waals surface area (Å²) < 4.78 is 0. The number of nitrogens with one attached hydrogen (secondary N) is 1. The number of oxime groups is 1. The summed E-state index contributed by atoms with van der Waals surface area (Å²) in [5.41, 5.74) is 3.51. The molecule has 2 aromatic carbocycles. The molecule has 36 heavy (non-hydrogen) atoms. The standard InChI is InChI=1S/C26H32ClN5O4/c1-18(29-36-2)19-3-6-22(7-4-19)31-11-13-32(14-12-31)25(34)17-30-10-9-20(16-30)26(35)28-21-5-8-24(33)23(27)15-21/h3-8,15,20,33H,9-14,16-17H2,1-2H3,(H,28,35)/b29-18+. The number of carbonyl (C=O) groups excluding carboxylic acids is 2. The minimum Gasteiger partial charge on any atom is -0.506 e. The van der Waals surface area contributed by atoms with E-state index in [0.29, 0.717) is 44.8 Å². The van der Waals surface area contributed by atoms with Crippen molar-refractivity contribution < 1.29 is 19.5 Å². The van der Waals surface area contributed by atoms with Crippen molar-refractivity contribution in [2.24, 2.45) is 11.1 Å². The lowest BCUT2D eigenvalue weighted by Gasteiger charge is -2.36. The molecule has 10 heteroatoms. The van der Waals surface area contributed by atoms with E-state index in [1.807, 2.05) is 28.9 Å². The van der Waals surface area contributed by atoms with Gasteiger partial charge in [-0.15, -0.1) is 0 Å². The largest absolute Gasteiger partial charge is 0.506 e.